The van der Waals surface area contributed by atoms with Gasteiger partial charge in [0.2, 0.25) is 5.95 Å². The SMILES string of the molecule is CCOc1nc(NC)nc(Oc2ccc(Cl)c(C)c2)n1. The molecular formula is C13H15ClN4O2. The number of nitrogens with one attached hydrogen (secondary N) is 1. The van der Waals surface area contributed by atoms with Crippen LogP contribution in [0.4, 0.5) is 5.95 Å². The predicted molar refractivity (Wildman–Crippen MR) is 76.8 cm³/mol. The summed E-state index contributed by atoms with van der Waals surface area (Å²) in [6.45, 7) is 4.21. The second-order valence-corrected chi connectivity index (χ2v) is 4.33. The Hall–Kier alpha value is -2.08. The van der Waals surface area contributed by atoms with Crippen LogP contribution in [0.1, 0.15) is 12.5 Å². The zero-order valence-electron chi connectivity index (χ0n) is 11.5. The van der Waals surface area contributed by atoms with Crippen molar-refractivity contribution in [3.63, 3.8) is 0 Å². The topological polar surface area (TPSA) is 69.2 Å². The van der Waals surface area contributed by atoms with Crippen molar-refractivity contribution in [3.8, 4) is 17.8 Å². The summed E-state index contributed by atoms with van der Waals surface area (Å²) in [5, 5.41) is 3.51. The molecule has 6 nitrogen and oxygen atoms in total. The summed E-state index contributed by atoms with van der Waals surface area (Å²) in [4.78, 5) is 12.3. The Morgan fingerprint density at radius 1 is 1.20 bits per heavy atom. The maximum atomic E-state index is 5.97. The molecule has 0 bridgehead atoms. The third kappa shape index (κ3) is 3.48. The minimum absolute atomic E-state index is 0.162. The lowest BCUT2D eigenvalue weighted by atomic mass is 10.2. The number of ether oxygens (including phenoxy) is 2. The van der Waals surface area contributed by atoms with Crippen LogP contribution < -0.4 is 14.8 Å². The highest BCUT2D eigenvalue weighted by Crippen LogP contribution is 2.25. The van der Waals surface area contributed by atoms with Crippen molar-refractivity contribution < 1.29 is 9.47 Å². The van der Waals surface area contributed by atoms with Gasteiger partial charge in [0.05, 0.1) is 6.61 Å². The standard InChI is InChI=1S/C13H15ClN4O2/c1-4-19-12-16-11(15-3)17-13(18-12)20-9-5-6-10(14)8(2)7-9/h5-7H,4H2,1-3H3,(H,15,16,17,18). The molecule has 0 amide bonds. The average Bonchev–Trinajstić information content (AvgIpc) is 2.43. The van der Waals surface area contributed by atoms with Gasteiger partial charge in [-0.05, 0) is 37.6 Å². The van der Waals surface area contributed by atoms with E-state index in [0.717, 1.165) is 5.56 Å². The molecule has 0 atom stereocenters. The summed E-state index contributed by atoms with van der Waals surface area (Å²) in [7, 11) is 1.71. The number of nitrogens with zero attached hydrogens (tertiary/aromatic N) is 3. The minimum Gasteiger partial charge on any atom is -0.464 e. The van der Waals surface area contributed by atoms with E-state index in [4.69, 9.17) is 21.1 Å². The molecule has 0 saturated carbocycles. The minimum atomic E-state index is 0.162. The van der Waals surface area contributed by atoms with Crippen molar-refractivity contribution in [2.75, 3.05) is 19.0 Å². The Bertz CT molecular complexity index is 607. The quantitative estimate of drug-likeness (QED) is 0.914. The Labute approximate surface area is 122 Å². The van der Waals surface area contributed by atoms with Crippen molar-refractivity contribution in [2.24, 2.45) is 0 Å². The van der Waals surface area contributed by atoms with Gasteiger partial charge in [0.1, 0.15) is 5.75 Å². The van der Waals surface area contributed by atoms with Crippen LogP contribution >= 0.6 is 11.6 Å². The molecule has 0 fully saturated rings. The van der Waals surface area contributed by atoms with Crippen LogP contribution in [0.15, 0.2) is 18.2 Å². The zero-order chi connectivity index (χ0) is 14.5. The number of hydrogen-bond acceptors (Lipinski definition) is 6. The number of hydrogen-bond donors (Lipinski definition) is 1. The smallest absolute Gasteiger partial charge is 0.330 e. The predicted octanol–water partition coefficient (Wildman–Crippen LogP) is 3.07. The van der Waals surface area contributed by atoms with E-state index in [1.165, 1.54) is 0 Å². The van der Waals surface area contributed by atoms with Crippen molar-refractivity contribution >= 4 is 17.5 Å². The zero-order valence-corrected chi connectivity index (χ0v) is 12.2. The van der Waals surface area contributed by atoms with E-state index in [-0.39, 0.29) is 12.0 Å². The molecule has 2 aromatic rings. The first-order chi connectivity index (χ1) is 9.62. The van der Waals surface area contributed by atoms with E-state index >= 15 is 0 Å². The van der Waals surface area contributed by atoms with E-state index in [9.17, 15) is 0 Å². The van der Waals surface area contributed by atoms with Crippen LogP contribution in [-0.2, 0) is 0 Å². The monoisotopic (exact) mass is 294 g/mol. The fourth-order valence-corrected chi connectivity index (χ4v) is 1.59. The maximum absolute atomic E-state index is 5.97. The van der Waals surface area contributed by atoms with Gasteiger partial charge in [-0.15, -0.1) is 4.98 Å². The Kier molecular flexibility index (Phi) is 4.57. The van der Waals surface area contributed by atoms with Gasteiger partial charge in [0.25, 0.3) is 0 Å². The number of aryl methyl sites for hydroxylation is 1. The van der Waals surface area contributed by atoms with Gasteiger partial charge in [-0.1, -0.05) is 11.6 Å². The molecular weight excluding hydrogens is 280 g/mol. The number of benzene rings is 1. The lowest BCUT2D eigenvalue weighted by Crippen LogP contribution is -2.05. The number of anilines is 1. The lowest BCUT2D eigenvalue weighted by molar-refractivity contribution is 0.304. The molecule has 2 rings (SSSR count). The number of aromatic nitrogens is 3. The van der Waals surface area contributed by atoms with Gasteiger partial charge in [-0.2, -0.15) is 9.97 Å². The van der Waals surface area contributed by atoms with Crippen LogP contribution in [0.3, 0.4) is 0 Å². The van der Waals surface area contributed by atoms with E-state index in [2.05, 4.69) is 20.3 Å². The molecule has 1 heterocycles. The molecule has 0 aliphatic heterocycles. The van der Waals surface area contributed by atoms with Gasteiger partial charge in [-0.25, -0.2) is 0 Å². The molecule has 106 valence electrons. The van der Waals surface area contributed by atoms with Crippen molar-refractivity contribution in [1.82, 2.24) is 15.0 Å². The third-order valence-electron chi connectivity index (χ3n) is 2.43. The van der Waals surface area contributed by atoms with E-state index in [1.54, 1.807) is 19.2 Å². The fourth-order valence-electron chi connectivity index (χ4n) is 1.48. The maximum Gasteiger partial charge on any atom is 0.330 e. The van der Waals surface area contributed by atoms with Gasteiger partial charge < -0.3 is 14.8 Å². The van der Waals surface area contributed by atoms with Gasteiger partial charge in [0, 0.05) is 12.1 Å². The highest BCUT2D eigenvalue weighted by Gasteiger charge is 2.09. The second-order valence-electron chi connectivity index (χ2n) is 3.92. The summed E-state index contributed by atoms with van der Waals surface area (Å²) in [6.07, 6.45) is 0. The van der Waals surface area contributed by atoms with Crippen molar-refractivity contribution in [3.05, 3.63) is 28.8 Å². The van der Waals surface area contributed by atoms with Crippen LogP contribution in [0, 0.1) is 6.92 Å². The van der Waals surface area contributed by atoms with E-state index < -0.39 is 0 Å². The second kappa shape index (κ2) is 6.38. The molecule has 0 aliphatic rings. The molecule has 1 N–H and O–H groups in total. The number of rotatable bonds is 5. The van der Waals surface area contributed by atoms with Crippen LogP contribution in [-0.4, -0.2) is 28.6 Å². The van der Waals surface area contributed by atoms with Gasteiger partial charge in [-0.3, -0.25) is 0 Å². The first-order valence-electron chi connectivity index (χ1n) is 6.13. The molecule has 0 saturated heterocycles. The molecule has 1 aromatic carbocycles. The summed E-state index contributed by atoms with van der Waals surface area (Å²) in [5.74, 6) is 0.978. The normalized spacial score (nSPS) is 10.2. The lowest BCUT2D eigenvalue weighted by Gasteiger charge is -2.08. The Morgan fingerprint density at radius 3 is 2.60 bits per heavy atom. The van der Waals surface area contributed by atoms with Crippen LogP contribution in [0.5, 0.6) is 17.8 Å². The highest BCUT2D eigenvalue weighted by atomic mass is 35.5. The average molecular weight is 295 g/mol. The third-order valence-corrected chi connectivity index (χ3v) is 2.85. The summed E-state index contributed by atoms with van der Waals surface area (Å²) < 4.78 is 10.9. The van der Waals surface area contributed by atoms with Crippen LogP contribution in [0.25, 0.3) is 0 Å². The first-order valence-corrected chi connectivity index (χ1v) is 6.50. The summed E-state index contributed by atoms with van der Waals surface area (Å²) >= 11 is 5.97. The molecule has 0 spiro atoms. The van der Waals surface area contributed by atoms with Gasteiger partial charge in [0.15, 0.2) is 0 Å². The molecule has 20 heavy (non-hydrogen) atoms. The van der Waals surface area contributed by atoms with E-state index in [1.807, 2.05) is 19.9 Å². The summed E-state index contributed by atoms with van der Waals surface area (Å²) in [5.41, 5.74) is 0.914. The highest BCUT2D eigenvalue weighted by molar-refractivity contribution is 6.31. The van der Waals surface area contributed by atoms with E-state index in [0.29, 0.717) is 23.3 Å². The fraction of sp³-hybridized carbons (Fsp3) is 0.308. The van der Waals surface area contributed by atoms with Crippen molar-refractivity contribution in [1.29, 1.82) is 0 Å². The number of halogens is 1. The van der Waals surface area contributed by atoms with Crippen LogP contribution in [0.2, 0.25) is 5.02 Å². The molecule has 7 heteroatoms. The van der Waals surface area contributed by atoms with Gasteiger partial charge >= 0.3 is 12.0 Å². The van der Waals surface area contributed by atoms with Crippen molar-refractivity contribution in [2.45, 2.75) is 13.8 Å². The largest absolute Gasteiger partial charge is 0.464 e. The molecule has 1 aromatic heterocycles. The summed E-state index contributed by atoms with van der Waals surface area (Å²) in [6, 6.07) is 5.70. The first kappa shape index (κ1) is 14.3. The molecule has 0 aliphatic carbocycles. The molecule has 0 unspecified atom stereocenters. The Balaban J connectivity index is 2.27. The Morgan fingerprint density at radius 2 is 1.95 bits per heavy atom. The molecule has 0 radical (unpaired) electrons.